The molecule has 148 valence electrons. The molecule has 3 heterocycles. The molecule has 4 amide bonds. The molecule has 1 aromatic rings. The van der Waals surface area contributed by atoms with Crippen molar-refractivity contribution in [3.8, 4) is 0 Å². The highest BCUT2D eigenvalue weighted by atomic mass is 32.2. The number of imide groups is 1. The minimum atomic E-state index is -0.380. The van der Waals surface area contributed by atoms with Gasteiger partial charge in [-0.25, -0.2) is 0 Å². The van der Waals surface area contributed by atoms with Crippen LogP contribution in [0.5, 0.6) is 0 Å². The van der Waals surface area contributed by atoms with Crippen molar-refractivity contribution in [3.05, 3.63) is 35.4 Å². The molecule has 4 rings (SSSR count). The smallest absolute Gasteiger partial charge is 0.261 e. The standard InChI is InChI=1S/C20H23N3O4S/c24-17(23-13-28-12-16(23)20(27)21-9-3-4-10-21)8-5-11-22-18(25)14-6-1-2-7-15(14)19(22)26/h1-2,6-7,16H,3-5,8-13H2/t16-/m0/s1. The molecule has 2 fully saturated rings. The number of rotatable bonds is 5. The third kappa shape index (κ3) is 3.41. The summed E-state index contributed by atoms with van der Waals surface area (Å²) in [5.41, 5.74) is 0.845. The van der Waals surface area contributed by atoms with Gasteiger partial charge in [0, 0.05) is 31.8 Å². The molecular formula is C20H23N3O4S. The van der Waals surface area contributed by atoms with Gasteiger partial charge in [0.05, 0.1) is 17.0 Å². The van der Waals surface area contributed by atoms with Crippen molar-refractivity contribution in [2.75, 3.05) is 31.3 Å². The van der Waals surface area contributed by atoms with Crippen LogP contribution in [-0.2, 0) is 9.59 Å². The van der Waals surface area contributed by atoms with Crippen molar-refractivity contribution < 1.29 is 19.2 Å². The van der Waals surface area contributed by atoms with Crippen LogP contribution in [0.4, 0.5) is 0 Å². The highest BCUT2D eigenvalue weighted by Crippen LogP contribution is 2.26. The molecule has 3 aliphatic heterocycles. The van der Waals surface area contributed by atoms with Gasteiger partial charge in [-0.3, -0.25) is 24.1 Å². The van der Waals surface area contributed by atoms with E-state index in [-0.39, 0.29) is 42.6 Å². The van der Waals surface area contributed by atoms with E-state index in [1.54, 1.807) is 40.9 Å². The molecule has 7 nitrogen and oxygen atoms in total. The third-order valence-electron chi connectivity index (χ3n) is 5.56. The molecule has 0 bridgehead atoms. The van der Waals surface area contributed by atoms with E-state index in [9.17, 15) is 19.2 Å². The Kier molecular flexibility index (Phi) is 5.39. The lowest BCUT2D eigenvalue weighted by molar-refractivity contribution is -0.142. The summed E-state index contributed by atoms with van der Waals surface area (Å²) in [6.45, 7) is 1.77. The largest absolute Gasteiger partial charge is 0.341 e. The summed E-state index contributed by atoms with van der Waals surface area (Å²) in [5, 5.41) is 0. The molecule has 8 heteroatoms. The quantitative estimate of drug-likeness (QED) is 0.700. The van der Waals surface area contributed by atoms with Gasteiger partial charge in [-0.2, -0.15) is 0 Å². The fourth-order valence-corrected chi connectivity index (χ4v) is 5.19. The first-order valence-electron chi connectivity index (χ1n) is 9.69. The minimum absolute atomic E-state index is 0.0520. The van der Waals surface area contributed by atoms with Gasteiger partial charge in [-0.15, -0.1) is 11.8 Å². The molecule has 1 atom stereocenters. The number of hydrogen-bond donors (Lipinski definition) is 0. The Morgan fingerprint density at radius 1 is 1.04 bits per heavy atom. The molecule has 0 N–H and O–H groups in total. The van der Waals surface area contributed by atoms with Crippen molar-refractivity contribution in [1.29, 1.82) is 0 Å². The summed E-state index contributed by atoms with van der Waals surface area (Å²) in [6.07, 6.45) is 2.67. The lowest BCUT2D eigenvalue weighted by Crippen LogP contribution is -2.48. The summed E-state index contributed by atoms with van der Waals surface area (Å²) in [7, 11) is 0. The maximum atomic E-state index is 12.7. The van der Waals surface area contributed by atoms with Gasteiger partial charge in [-0.05, 0) is 31.4 Å². The number of thioether (sulfide) groups is 1. The van der Waals surface area contributed by atoms with Crippen LogP contribution in [0, 0.1) is 0 Å². The lowest BCUT2D eigenvalue weighted by Gasteiger charge is -2.27. The molecule has 28 heavy (non-hydrogen) atoms. The highest BCUT2D eigenvalue weighted by molar-refractivity contribution is 7.99. The molecular weight excluding hydrogens is 378 g/mol. The zero-order valence-corrected chi connectivity index (χ0v) is 16.5. The summed E-state index contributed by atoms with van der Waals surface area (Å²) < 4.78 is 0. The number of nitrogens with zero attached hydrogens (tertiary/aromatic N) is 3. The third-order valence-corrected chi connectivity index (χ3v) is 6.57. The SMILES string of the molecule is O=C([C@@H]1CSCN1C(=O)CCCN1C(=O)c2ccccc2C1=O)N1CCCC1. The second-order valence-corrected chi connectivity index (χ2v) is 8.32. The van der Waals surface area contributed by atoms with E-state index in [1.165, 1.54) is 4.90 Å². The van der Waals surface area contributed by atoms with Gasteiger partial charge < -0.3 is 9.80 Å². The van der Waals surface area contributed by atoms with E-state index >= 15 is 0 Å². The molecule has 3 aliphatic rings. The van der Waals surface area contributed by atoms with Gasteiger partial charge >= 0.3 is 0 Å². The normalized spacial score (nSPS) is 21.6. The number of amides is 4. The van der Waals surface area contributed by atoms with Crippen LogP contribution in [0.15, 0.2) is 24.3 Å². The van der Waals surface area contributed by atoms with Crippen molar-refractivity contribution in [2.45, 2.75) is 31.7 Å². The maximum absolute atomic E-state index is 12.7. The van der Waals surface area contributed by atoms with Gasteiger partial charge in [0.2, 0.25) is 11.8 Å². The zero-order valence-electron chi connectivity index (χ0n) is 15.6. The minimum Gasteiger partial charge on any atom is -0.341 e. The second-order valence-electron chi connectivity index (χ2n) is 7.32. The van der Waals surface area contributed by atoms with Crippen LogP contribution in [0.25, 0.3) is 0 Å². The summed E-state index contributed by atoms with van der Waals surface area (Å²) >= 11 is 1.60. The molecule has 0 radical (unpaired) electrons. The Bertz CT molecular complexity index is 786. The van der Waals surface area contributed by atoms with Crippen molar-refractivity contribution in [2.24, 2.45) is 0 Å². The number of benzene rings is 1. The average Bonchev–Trinajstić information content (AvgIpc) is 3.45. The van der Waals surface area contributed by atoms with Crippen LogP contribution < -0.4 is 0 Å². The molecule has 1 aromatic carbocycles. The fourth-order valence-electron chi connectivity index (χ4n) is 4.02. The van der Waals surface area contributed by atoms with Gasteiger partial charge in [-0.1, -0.05) is 12.1 Å². The van der Waals surface area contributed by atoms with E-state index in [0.29, 0.717) is 29.2 Å². The van der Waals surface area contributed by atoms with E-state index in [4.69, 9.17) is 0 Å². The number of hydrogen-bond acceptors (Lipinski definition) is 5. The molecule has 2 saturated heterocycles. The highest BCUT2D eigenvalue weighted by Gasteiger charge is 2.38. The monoisotopic (exact) mass is 401 g/mol. The van der Waals surface area contributed by atoms with Crippen LogP contribution >= 0.6 is 11.8 Å². The second kappa shape index (κ2) is 7.95. The number of fused-ring (bicyclic) bond motifs is 1. The topological polar surface area (TPSA) is 78.0 Å². The van der Waals surface area contributed by atoms with E-state index in [1.807, 2.05) is 4.90 Å². The average molecular weight is 401 g/mol. The van der Waals surface area contributed by atoms with Crippen LogP contribution in [0.2, 0.25) is 0 Å². The van der Waals surface area contributed by atoms with Crippen LogP contribution in [0.3, 0.4) is 0 Å². The van der Waals surface area contributed by atoms with E-state index in [2.05, 4.69) is 0 Å². The molecule has 0 spiro atoms. The van der Waals surface area contributed by atoms with Gasteiger partial charge in [0.25, 0.3) is 11.8 Å². The first-order valence-corrected chi connectivity index (χ1v) is 10.8. The molecule has 0 saturated carbocycles. The van der Waals surface area contributed by atoms with Gasteiger partial charge in [0.15, 0.2) is 0 Å². The number of carbonyl (C=O) groups excluding carboxylic acids is 4. The Balaban J connectivity index is 1.31. The van der Waals surface area contributed by atoms with E-state index < -0.39 is 0 Å². The summed E-state index contributed by atoms with van der Waals surface area (Å²) in [5.74, 6) is 0.532. The molecule has 0 unspecified atom stereocenters. The fraction of sp³-hybridized carbons (Fsp3) is 0.500. The van der Waals surface area contributed by atoms with Crippen molar-refractivity contribution in [1.82, 2.24) is 14.7 Å². The first kappa shape index (κ1) is 19.0. The number of likely N-dealkylation sites (tertiary alicyclic amines) is 1. The van der Waals surface area contributed by atoms with Crippen LogP contribution in [-0.4, -0.2) is 75.6 Å². The zero-order chi connectivity index (χ0) is 19.7. The van der Waals surface area contributed by atoms with Crippen molar-refractivity contribution in [3.63, 3.8) is 0 Å². The van der Waals surface area contributed by atoms with Crippen molar-refractivity contribution >= 4 is 35.4 Å². The van der Waals surface area contributed by atoms with Crippen LogP contribution in [0.1, 0.15) is 46.4 Å². The predicted octanol–water partition coefficient (Wildman–Crippen LogP) is 1.59. The van der Waals surface area contributed by atoms with Gasteiger partial charge in [0.1, 0.15) is 6.04 Å². The van der Waals surface area contributed by atoms with E-state index in [0.717, 1.165) is 25.9 Å². The summed E-state index contributed by atoms with van der Waals surface area (Å²) in [6, 6.07) is 6.39. The Hall–Kier alpha value is -2.35. The Morgan fingerprint density at radius 2 is 1.68 bits per heavy atom. The lowest BCUT2D eigenvalue weighted by atomic mass is 10.1. The molecule has 0 aromatic heterocycles. The Morgan fingerprint density at radius 3 is 2.32 bits per heavy atom. The predicted molar refractivity (Wildman–Crippen MR) is 105 cm³/mol. The number of carbonyl (C=O) groups is 4. The summed E-state index contributed by atoms with van der Waals surface area (Å²) in [4.78, 5) is 54.9. The maximum Gasteiger partial charge on any atom is 0.261 e. The Labute approximate surface area is 168 Å². The molecule has 0 aliphatic carbocycles. The first-order chi connectivity index (χ1) is 13.6.